The van der Waals surface area contributed by atoms with Gasteiger partial charge >= 0.3 is 6.18 Å². The molecule has 1 heterocycles. The Morgan fingerprint density at radius 1 is 1.37 bits per heavy atom. The number of thiocarbonyl (C=S) groups is 1. The van der Waals surface area contributed by atoms with Gasteiger partial charge in [-0.05, 0) is 19.1 Å². The Labute approximate surface area is 113 Å². The molecule has 1 aromatic rings. The van der Waals surface area contributed by atoms with Gasteiger partial charge in [0.25, 0.3) is 0 Å². The van der Waals surface area contributed by atoms with Gasteiger partial charge in [0.2, 0.25) is 5.88 Å². The minimum Gasteiger partial charge on any atom is -0.475 e. The standard InChI is InChI=1S/C11H13F3N2O2S/c1-2-17-5-6-18-10-7(9(15)19)3-4-8(16-10)11(12,13)14/h3-4H,2,5-6H2,1H3,(H2,15,19). The summed E-state index contributed by atoms with van der Waals surface area (Å²) in [7, 11) is 0. The predicted octanol–water partition coefficient (Wildman–Crippen LogP) is 2.15. The van der Waals surface area contributed by atoms with Crippen LogP contribution in [0.1, 0.15) is 18.2 Å². The molecule has 0 aliphatic heterocycles. The van der Waals surface area contributed by atoms with E-state index >= 15 is 0 Å². The molecule has 0 aliphatic carbocycles. The average molecular weight is 294 g/mol. The lowest BCUT2D eigenvalue weighted by Crippen LogP contribution is -2.17. The summed E-state index contributed by atoms with van der Waals surface area (Å²) in [6, 6.07) is 1.96. The number of alkyl halides is 3. The number of hydrogen-bond acceptors (Lipinski definition) is 4. The Hall–Kier alpha value is -1.41. The number of nitrogens with zero attached hydrogens (tertiary/aromatic N) is 1. The first kappa shape index (κ1) is 15.6. The SMILES string of the molecule is CCOCCOc1nc(C(F)(F)F)ccc1C(N)=S. The van der Waals surface area contributed by atoms with Gasteiger partial charge in [-0.1, -0.05) is 12.2 Å². The number of hydrogen-bond donors (Lipinski definition) is 1. The van der Waals surface area contributed by atoms with Crippen molar-refractivity contribution in [2.45, 2.75) is 13.1 Å². The lowest BCUT2D eigenvalue weighted by molar-refractivity contribution is -0.141. The summed E-state index contributed by atoms with van der Waals surface area (Å²) in [5.41, 5.74) is 4.51. The van der Waals surface area contributed by atoms with Crippen molar-refractivity contribution in [3.05, 3.63) is 23.4 Å². The molecule has 0 aromatic carbocycles. The number of aromatic nitrogens is 1. The molecule has 1 rings (SSSR count). The van der Waals surface area contributed by atoms with Gasteiger partial charge in [-0.3, -0.25) is 0 Å². The molecular formula is C11H13F3N2O2S. The molecule has 0 fully saturated rings. The van der Waals surface area contributed by atoms with Crippen LogP contribution in [0.4, 0.5) is 13.2 Å². The van der Waals surface area contributed by atoms with E-state index in [2.05, 4.69) is 4.98 Å². The number of rotatable bonds is 6. The van der Waals surface area contributed by atoms with E-state index in [-0.39, 0.29) is 29.6 Å². The largest absolute Gasteiger partial charge is 0.475 e. The van der Waals surface area contributed by atoms with Crippen molar-refractivity contribution in [2.75, 3.05) is 19.8 Å². The highest BCUT2D eigenvalue weighted by Crippen LogP contribution is 2.30. The van der Waals surface area contributed by atoms with Crippen molar-refractivity contribution >= 4 is 17.2 Å². The molecule has 1 aromatic heterocycles. The van der Waals surface area contributed by atoms with Gasteiger partial charge in [0.15, 0.2) is 0 Å². The Bertz CT molecular complexity index is 452. The molecule has 0 bridgehead atoms. The second kappa shape index (κ2) is 6.67. The van der Waals surface area contributed by atoms with Gasteiger partial charge in [0, 0.05) is 6.61 Å². The van der Waals surface area contributed by atoms with E-state index in [9.17, 15) is 13.2 Å². The number of ether oxygens (including phenoxy) is 2. The van der Waals surface area contributed by atoms with Crippen molar-refractivity contribution in [3.63, 3.8) is 0 Å². The second-order valence-corrected chi connectivity index (χ2v) is 3.90. The van der Waals surface area contributed by atoms with Crippen molar-refractivity contribution in [1.82, 2.24) is 4.98 Å². The molecule has 0 spiro atoms. The third-order valence-corrected chi connectivity index (χ3v) is 2.31. The number of halogens is 3. The summed E-state index contributed by atoms with van der Waals surface area (Å²) in [6.45, 7) is 2.59. The highest BCUT2D eigenvalue weighted by Gasteiger charge is 2.33. The fourth-order valence-corrected chi connectivity index (χ4v) is 1.39. The van der Waals surface area contributed by atoms with Crippen molar-refractivity contribution < 1.29 is 22.6 Å². The molecule has 0 saturated carbocycles. The van der Waals surface area contributed by atoms with E-state index in [1.807, 2.05) is 0 Å². The molecule has 0 aliphatic rings. The summed E-state index contributed by atoms with van der Waals surface area (Å²) in [6.07, 6.45) is -4.55. The van der Waals surface area contributed by atoms with E-state index in [0.717, 1.165) is 12.1 Å². The quantitative estimate of drug-likeness (QED) is 0.643. The van der Waals surface area contributed by atoms with E-state index in [1.54, 1.807) is 6.92 Å². The Balaban J connectivity index is 2.93. The second-order valence-electron chi connectivity index (χ2n) is 3.46. The maximum Gasteiger partial charge on any atom is 0.433 e. The van der Waals surface area contributed by atoms with Crippen LogP contribution >= 0.6 is 12.2 Å². The van der Waals surface area contributed by atoms with E-state index < -0.39 is 11.9 Å². The number of nitrogens with two attached hydrogens (primary N) is 1. The minimum atomic E-state index is -4.55. The highest BCUT2D eigenvalue weighted by atomic mass is 32.1. The molecule has 19 heavy (non-hydrogen) atoms. The van der Waals surface area contributed by atoms with Crippen molar-refractivity contribution in [2.24, 2.45) is 5.73 Å². The summed E-state index contributed by atoms with van der Waals surface area (Å²) in [5.74, 6) is -0.234. The first-order valence-corrected chi connectivity index (χ1v) is 5.85. The van der Waals surface area contributed by atoms with Crippen LogP contribution in [-0.2, 0) is 10.9 Å². The summed E-state index contributed by atoms with van der Waals surface area (Å²) in [4.78, 5) is 3.32. The van der Waals surface area contributed by atoms with Crippen LogP contribution in [-0.4, -0.2) is 29.8 Å². The third-order valence-electron chi connectivity index (χ3n) is 2.09. The van der Waals surface area contributed by atoms with Gasteiger partial charge in [-0.2, -0.15) is 13.2 Å². The first-order valence-electron chi connectivity index (χ1n) is 5.44. The highest BCUT2D eigenvalue weighted by molar-refractivity contribution is 7.80. The lowest BCUT2D eigenvalue weighted by Gasteiger charge is -2.12. The van der Waals surface area contributed by atoms with Crippen LogP contribution < -0.4 is 10.5 Å². The van der Waals surface area contributed by atoms with Crippen LogP contribution in [0, 0.1) is 0 Å². The van der Waals surface area contributed by atoms with Gasteiger partial charge in [-0.15, -0.1) is 0 Å². The number of pyridine rings is 1. The van der Waals surface area contributed by atoms with Crippen LogP contribution in [0.2, 0.25) is 0 Å². The van der Waals surface area contributed by atoms with Crippen LogP contribution in [0.3, 0.4) is 0 Å². The zero-order valence-corrected chi connectivity index (χ0v) is 11.0. The van der Waals surface area contributed by atoms with Crippen LogP contribution in [0.15, 0.2) is 12.1 Å². The molecule has 106 valence electrons. The fraction of sp³-hybridized carbons (Fsp3) is 0.455. The van der Waals surface area contributed by atoms with Crippen LogP contribution in [0.25, 0.3) is 0 Å². The molecule has 0 saturated heterocycles. The molecule has 0 radical (unpaired) electrons. The summed E-state index contributed by atoms with van der Waals surface area (Å²) >= 11 is 4.73. The Morgan fingerprint density at radius 2 is 2.05 bits per heavy atom. The third kappa shape index (κ3) is 4.64. The van der Waals surface area contributed by atoms with E-state index in [4.69, 9.17) is 27.4 Å². The normalized spacial score (nSPS) is 11.4. The topological polar surface area (TPSA) is 57.4 Å². The molecule has 2 N–H and O–H groups in total. The molecular weight excluding hydrogens is 281 g/mol. The molecule has 0 amide bonds. The smallest absolute Gasteiger partial charge is 0.433 e. The van der Waals surface area contributed by atoms with Gasteiger partial charge in [0.05, 0.1) is 12.2 Å². The van der Waals surface area contributed by atoms with Gasteiger partial charge < -0.3 is 15.2 Å². The maximum absolute atomic E-state index is 12.5. The van der Waals surface area contributed by atoms with E-state index in [1.165, 1.54) is 0 Å². The van der Waals surface area contributed by atoms with E-state index in [0.29, 0.717) is 6.61 Å². The minimum absolute atomic E-state index is 0.0672. The zero-order chi connectivity index (χ0) is 14.5. The van der Waals surface area contributed by atoms with Gasteiger partial charge in [-0.25, -0.2) is 4.98 Å². The summed E-state index contributed by atoms with van der Waals surface area (Å²) in [5, 5.41) is 0. The molecule has 8 heteroatoms. The van der Waals surface area contributed by atoms with Gasteiger partial charge in [0.1, 0.15) is 17.3 Å². The lowest BCUT2D eigenvalue weighted by atomic mass is 10.2. The molecule has 4 nitrogen and oxygen atoms in total. The maximum atomic E-state index is 12.5. The Morgan fingerprint density at radius 3 is 2.58 bits per heavy atom. The van der Waals surface area contributed by atoms with Crippen LogP contribution in [0.5, 0.6) is 5.88 Å². The zero-order valence-electron chi connectivity index (χ0n) is 10.2. The summed E-state index contributed by atoms with van der Waals surface area (Å²) < 4.78 is 47.8. The molecule has 0 atom stereocenters. The van der Waals surface area contributed by atoms with Crippen molar-refractivity contribution in [1.29, 1.82) is 0 Å². The first-order chi connectivity index (χ1) is 8.86. The monoisotopic (exact) mass is 294 g/mol. The predicted molar refractivity (Wildman–Crippen MR) is 67.1 cm³/mol. The Kier molecular flexibility index (Phi) is 5.49. The molecule has 0 unspecified atom stereocenters. The average Bonchev–Trinajstić information content (AvgIpc) is 2.33. The fourth-order valence-electron chi connectivity index (χ4n) is 1.24. The van der Waals surface area contributed by atoms with Crippen molar-refractivity contribution in [3.8, 4) is 5.88 Å².